The van der Waals surface area contributed by atoms with Crippen molar-refractivity contribution in [3.8, 4) is 0 Å². The smallest absolute Gasteiger partial charge is 0.274 e. The summed E-state index contributed by atoms with van der Waals surface area (Å²) in [5.74, 6) is 0.692. The van der Waals surface area contributed by atoms with Crippen molar-refractivity contribution < 1.29 is 4.79 Å². The summed E-state index contributed by atoms with van der Waals surface area (Å²) in [5, 5.41) is 4.24. The first-order valence-corrected chi connectivity index (χ1v) is 5.88. The van der Waals surface area contributed by atoms with E-state index < -0.39 is 0 Å². The van der Waals surface area contributed by atoms with Gasteiger partial charge in [0.05, 0.1) is 0 Å². The van der Waals surface area contributed by atoms with Gasteiger partial charge in [-0.25, -0.2) is 0 Å². The summed E-state index contributed by atoms with van der Waals surface area (Å²) in [6.45, 7) is 5.90. The second-order valence-corrected chi connectivity index (χ2v) is 4.79. The molecular weight excluding hydrogens is 202 g/mol. The second-order valence-electron chi connectivity index (χ2n) is 4.79. The number of likely N-dealkylation sites (tertiary alicyclic amines) is 1. The quantitative estimate of drug-likeness (QED) is 0.722. The predicted molar refractivity (Wildman–Crippen MR) is 62.2 cm³/mol. The van der Waals surface area contributed by atoms with E-state index in [2.05, 4.69) is 12.0 Å². The monoisotopic (exact) mass is 221 g/mol. The van der Waals surface area contributed by atoms with Crippen LogP contribution in [0.15, 0.2) is 6.07 Å². The fourth-order valence-corrected chi connectivity index (χ4v) is 2.20. The van der Waals surface area contributed by atoms with Gasteiger partial charge < -0.3 is 4.90 Å². The molecule has 0 unspecified atom stereocenters. The molecule has 2 rings (SSSR count). The highest BCUT2D eigenvalue weighted by molar-refractivity contribution is 5.92. The molecule has 2 heterocycles. The number of rotatable bonds is 1. The summed E-state index contributed by atoms with van der Waals surface area (Å²) in [7, 11) is 1.87. The van der Waals surface area contributed by atoms with Crippen LogP contribution in [0.3, 0.4) is 0 Å². The first-order chi connectivity index (χ1) is 7.58. The molecule has 1 aromatic heterocycles. The van der Waals surface area contributed by atoms with E-state index in [4.69, 9.17) is 0 Å². The molecule has 16 heavy (non-hydrogen) atoms. The minimum Gasteiger partial charge on any atom is -0.337 e. The van der Waals surface area contributed by atoms with Crippen LogP contribution in [0, 0.1) is 12.8 Å². The van der Waals surface area contributed by atoms with Crippen molar-refractivity contribution in [2.24, 2.45) is 13.0 Å². The molecule has 1 atom stereocenters. The Balaban J connectivity index is 2.12. The Morgan fingerprint density at radius 1 is 1.56 bits per heavy atom. The minimum absolute atomic E-state index is 0.0789. The Morgan fingerprint density at radius 3 is 2.88 bits per heavy atom. The lowest BCUT2D eigenvalue weighted by Gasteiger charge is -2.30. The molecule has 88 valence electrons. The zero-order chi connectivity index (χ0) is 11.7. The van der Waals surface area contributed by atoms with Crippen LogP contribution in [-0.4, -0.2) is 33.7 Å². The zero-order valence-electron chi connectivity index (χ0n) is 10.2. The Hall–Kier alpha value is -1.32. The van der Waals surface area contributed by atoms with Crippen LogP contribution in [0.2, 0.25) is 0 Å². The van der Waals surface area contributed by atoms with Gasteiger partial charge in [0.25, 0.3) is 5.91 Å². The first kappa shape index (κ1) is 11.2. The Labute approximate surface area is 96.2 Å². The van der Waals surface area contributed by atoms with Crippen molar-refractivity contribution in [1.29, 1.82) is 0 Å². The van der Waals surface area contributed by atoms with Crippen molar-refractivity contribution in [2.75, 3.05) is 13.1 Å². The average Bonchev–Trinajstić information content (AvgIpc) is 2.58. The Kier molecular flexibility index (Phi) is 2.99. The number of aromatic nitrogens is 2. The van der Waals surface area contributed by atoms with Crippen LogP contribution in [0.25, 0.3) is 0 Å². The molecule has 0 aliphatic carbocycles. The number of aryl methyl sites for hydroxylation is 2. The van der Waals surface area contributed by atoms with E-state index in [0.29, 0.717) is 11.6 Å². The number of carbonyl (C=O) groups is 1. The van der Waals surface area contributed by atoms with E-state index >= 15 is 0 Å². The van der Waals surface area contributed by atoms with Crippen molar-refractivity contribution in [1.82, 2.24) is 14.7 Å². The molecule has 1 saturated heterocycles. The van der Waals surface area contributed by atoms with Crippen LogP contribution in [0.4, 0.5) is 0 Å². The van der Waals surface area contributed by atoms with Crippen molar-refractivity contribution in [3.63, 3.8) is 0 Å². The summed E-state index contributed by atoms with van der Waals surface area (Å²) in [4.78, 5) is 14.1. The number of amides is 1. The van der Waals surface area contributed by atoms with Gasteiger partial charge in [-0.2, -0.15) is 5.10 Å². The summed E-state index contributed by atoms with van der Waals surface area (Å²) in [6.07, 6.45) is 2.34. The summed E-state index contributed by atoms with van der Waals surface area (Å²) >= 11 is 0. The molecule has 1 aliphatic heterocycles. The highest BCUT2D eigenvalue weighted by Gasteiger charge is 2.23. The molecule has 0 radical (unpaired) electrons. The van der Waals surface area contributed by atoms with E-state index in [0.717, 1.165) is 25.2 Å². The van der Waals surface area contributed by atoms with Gasteiger partial charge in [0, 0.05) is 25.8 Å². The molecule has 0 bridgehead atoms. The third-order valence-corrected chi connectivity index (χ3v) is 3.28. The lowest BCUT2D eigenvalue weighted by Crippen LogP contribution is -2.39. The van der Waals surface area contributed by atoms with E-state index in [9.17, 15) is 4.79 Å². The molecule has 4 heteroatoms. The van der Waals surface area contributed by atoms with Crippen LogP contribution in [0.1, 0.15) is 35.9 Å². The van der Waals surface area contributed by atoms with Gasteiger partial charge >= 0.3 is 0 Å². The highest BCUT2D eigenvalue weighted by atomic mass is 16.2. The van der Waals surface area contributed by atoms with Crippen molar-refractivity contribution in [3.05, 3.63) is 17.5 Å². The van der Waals surface area contributed by atoms with E-state index in [-0.39, 0.29) is 5.91 Å². The number of hydrogen-bond acceptors (Lipinski definition) is 2. The molecule has 0 saturated carbocycles. The molecule has 1 aliphatic rings. The Bertz CT molecular complexity index is 377. The molecule has 0 aromatic carbocycles. The van der Waals surface area contributed by atoms with Crippen LogP contribution in [-0.2, 0) is 7.05 Å². The SMILES string of the molecule is Cc1cc(C(=O)N2CCC[C@H](C)C2)nn1C. The molecule has 0 spiro atoms. The number of hydrogen-bond donors (Lipinski definition) is 0. The predicted octanol–water partition coefficient (Wildman–Crippen LogP) is 1.60. The third-order valence-electron chi connectivity index (χ3n) is 3.28. The summed E-state index contributed by atoms with van der Waals surface area (Å²) < 4.78 is 1.75. The largest absolute Gasteiger partial charge is 0.337 e. The molecule has 1 aromatic rings. The van der Waals surface area contributed by atoms with E-state index in [1.165, 1.54) is 6.42 Å². The summed E-state index contributed by atoms with van der Waals surface area (Å²) in [5.41, 5.74) is 1.60. The zero-order valence-corrected chi connectivity index (χ0v) is 10.2. The lowest BCUT2D eigenvalue weighted by molar-refractivity contribution is 0.0676. The molecule has 1 fully saturated rings. The van der Waals surface area contributed by atoms with Crippen LogP contribution >= 0.6 is 0 Å². The topological polar surface area (TPSA) is 38.1 Å². The number of piperidine rings is 1. The maximum atomic E-state index is 12.2. The third kappa shape index (κ3) is 2.10. The van der Waals surface area contributed by atoms with Crippen molar-refractivity contribution >= 4 is 5.91 Å². The lowest BCUT2D eigenvalue weighted by atomic mass is 10.00. The van der Waals surface area contributed by atoms with Gasteiger partial charge in [-0.3, -0.25) is 9.48 Å². The fraction of sp³-hybridized carbons (Fsp3) is 0.667. The summed E-state index contributed by atoms with van der Waals surface area (Å²) in [6, 6.07) is 1.86. The van der Waals surface area contributed by atoms with Gasteiger partial charge in [0.2, 0.25) is 0 Å². The molecule has 0 N–H and O–H groups in total. The van der Waals surface area contributed by atoms with Crippen LogP contribution in [0.5, 0.6) is 0 Å². The van der Waals surface area contributed by atoms with E-state index in [1.54, 1.807) is 4.68 Å². The van der Waals surface area contributed by atoms with Gasteiger partial charge in [-0.1, -0.05) is 6.92 Å². The Morgan fingerprint density at radius 2 is 2.31 bits per heavy atom. The van der Waals surface area contributed by atoms with Crippen molar-refractivity contribution in [2.45, 2.75) is 26.7 Å². The number of nitrogens with zero attached hydrogens (tertiary/aromatic N) is 3. The number of carbonyl (C=O) groups excluding carboxylic acids is 1. The molecule has 1 amide bonds. The normalized spacial score (nSPS) is 21.2. The van der Waals surface area contributed by atoms with E-state index in [1.807, 2.05) is 24.9 Å². The van der Waals surface area contributed by atoms with Gasteiger partial charge in [0.15, 0.2) is 5.69 Å². The first-order valence-electron chi connectivity index (χ1n) is 5.88. The van der Waals surface area contributed by atoms with Gasteiger partial charge in [-0.15, -0.1) is 0 Å². The maximum absolute atomic E-state index is 12.2. The highest BCUT2D eigenvalue weighted by Crippen LogP contribution is 2.17. The van der Waals surface area contributed by atoms with Gasteiger partial charge in [0.1, 0.15) is 0 Å². The second kappa shape index (κ2) is 4.28. The fourth-order valence-electron chi connectivity index (χ4n) is 2.20. The maximum Gasteiger partial charge on any atom is 0.274 e. The molecule has 4 nitrogen and oxygen atoms in total. The standard InChI is InChI=1S/C12H19N3O/c1-9-5-4-6-15(8-9)12(16)11-7-10(2)14(3)13-11/h7,9H,4-6,8H2,1-3H3/t9-/m0/s1. The molecular formula is C12H19N3O. The average molecular weight is 221 g/mol. The minimum atomic E-state index is 0.0789. The van der Waals surface area contributed by atoms with Gasteiger partial charge in [-0.05, 0) is 31.7 Å². The van der Waals surface area contributed by atoms with Crippen LogP contribution < -0.4 is 0 Å².